The summed E-state index contributed by atoms with van der Waals surface area (Å²) in [6, 6.07) is -0.551. The predicted octanol–water partition coefficient (Wildman–Crippen LogP) is 0.595. The lowest BCUT2D eigenvalue weighted by Crippen LogP contribution is -2.41. The summed E-state index contributed by atoms with van der Waals surface area (Å²) in [7, 11) is 1.53. The molecule has 6 heteroatoms. The molecule has 0 aromatic carbocycles. The average Bonchev–Trinajstić information content (AvgIpc) is 2.25. The maximum Gasteiger partial charge on any atom is 0.331 e. The Labute approximate surface area is 93.9 Å². The Morgan fingerprint density at radius 3 is 2.06 bits per heavy atom. The Hall–Kier alpha value is -1.85. The van der Waals surface area contributed by atoms with Crippen molar-refractivity contribution < 1.29 is 19.5 Å². The van der Waals surface area contributed by atoms with Crippen molar-refractivity contribution in [3.8, 4) is 0 Å². The first-order valence-corrected chi connectivity index (χ1v) is 4.78. The van der Waals surface area contributed by atoms with E-state index in [9.17, 15) is 14.4 Å². The molecule has 0 saturated carbocycles. The first-order chi connectivity index (χ1) is 7.31. The molecule has 16 heavy (non-hydrogen) atoms. The molecule has 90 valence electrons. The molecule has 0 aliphatic heterocycles. The lowest BCUT2D eigenvalue weighted by atomic mass is 10.1. The highest BCUT2D eigenvalue weighted by Crippen LogP contribution is 2.03. The second-order valence-electron chi connectivity index (χ2n) is 3.33. The zero-order valence-electron chi connectivity index (χ0n) is 9.83. The quantitative estimate of drug-likeness (QED) is 0.692. The van der Waals surface area contributed by atoms with Gasteiger partial charge in [-0.25, -0.2) is 9.59 Å². The molecule has 0 rings (SSSR count). The number of hydrogen-bond donors (Lipinski definition) is 2. The highest BCUT2D eigenvalue weighted by molar-refractivity contribution is 6.07. The Morgan fingerprint density at radius 2 is 1.69 bits per heavy atom. The normalized spacial score (nSPS) is 11.5. The van der Waals surface area contributed by atoms with Crippen molar-refractivity contribution in [3.05, 3.63) is 11.1 Å². The molecule has 0 atom stereocenters. The number of aliphatic carboxylic acids is 1. The Kier molecular flexibility index (Phi) is 5.21. The van der Waals surface area contributed by atoms with Crippen LogP contribution in [0.3, 0.4) is 0 Å². The number of nitrogens with zero attached hydrogens (tertiary/aromatic N) is 1. The number of nitrogens with one attached hydrogen (secondary N) is 1. The molecular weight excluding hydrogens is 212 g/mol. The number of rotatable bonds is 3. The molecule has 0 fully saturated rings. The van der Waals surface area contributed by atoms with Crippen LogP contribution in [-0.2, 0) is 9.59 Å². The molecular formula is C10H16N2O4. The minimum Gasteiger partial charge on any atom is -0.478 e. The maximum absolute atomic E-state index is 11.4. The van der Waals surface area contributed by atoms with Gasteiger partial charge in [0.1, 0.15) is 0 Å². The van der Waals surface area contributed by atoms with Gasteiger partial charge in [0.05, 0.1) is 0 Å². The highest BCUT2D eigenvalue weighted by atomic mass is 16.4. The molecule has 0 spiro atoms. The highest BCUT2D eigenvalue weighted by Gasteiger charge is 2.16. The Morgan fingerprint density at radius 1 is 1.19 bits per heavy atom. The largest absolute Gasteiger partial charge is 0.478 e. The summed E-state index contributed by atoms with van der Waals surface area (Å²) in [6.07, 6.45) is 0. The van der Waals surface area contributed by atoms with Crippen LogP contribution >= 0.6 is 0 Å². The van der Waals surface area contributed by atoms with Gasteiger partial charge in [0.15, 0.2) is 0 Å². The van der Waals surface area contributed by atoms with Crippen LogP contribution in [0, 0.1) is 0 Å². The zero-order chi connectivity index (χ0) is 12.9. The summed E-state index contributed by atoms with van der Waals surface area (Å²) in [5, 5.41) is 10.8. The van der Waals surface area contributed by atoms with Gasteiger partial charge in [-0.15, -0.1) is 0 Å². The molecule has 0 aliphatic rings. The van der Waals surface area contributed by atoms with Crippen LogP contribution in [0.25, 0.3) is 0 Å². The second kappa shape index (κ2) is 5.89. The van der Waals surface area contributed by atoms with Gasteiger partial charge in [-0.3, -0.25) is 10.1 Å². The number of carboxylic acids is 1. The van der Waals surface area contributed by atoms with Gasteiger partial charge in [0, 0.05) is 24.7 Å². The van der Waals surface area contributed by atoms with E-state index in [1.807, 2.05) is 0 Å². The van der Waals surface area contributed by atoms with E-state index in [0.29, 0.717) is 6.54 Å². The topological polar surface area (TPSA) is 86.7 Å². The smallest absolute Gasteiger partial charge is 0.331 e. The molecule has 0 bridgehead atoms. The van der Waals surface area contributed by atoms with Crippen LogP contribution < -0.4 is 5.32 Å². The lowest BCUT2D eigenvalue weighted by molar-refractivity contribution is -0.133. The molecule has 6 nitrogen and oxygen atoms in total. The summed E-state index contributed by atoms with van der Waals surface area (Å²) >= 11 is 0. The van der Waals surface area contributed by atoms with Gasteiger partial charge in [-0.1, -0.05) is 0 Å². The van der Waals surface area contributed by atoms with E-state index in [4.69, 9.17) is 5.11 Å². The number of urea groups is 1. The van der Waals surface area contributed by atoms with Crippen LogP contribution in [0.2, 0.25) is 0 Å². The fourth-order valence-electron chi connectivity index (χ4n) is 0.761. The van der Waals surface area contributed by atoms with Gasteiger partial charge in [0.25, 0.3) is 5.91 Å². The molecule has 0 aromatic heterocycles. The summed E-state index contributed by atoms with van der Waals surface area (Å²) in [6.45, 7) is 4.89. The van der Waals surface area contributed by atoms with Crippen molar-refractivity contribution in [1.29, 1.82) is 0 Å². The van der Waals surface area contributed by atoms with Gasteiger partial charge < -0.3 is 10.0 Å². The van der Waals surface area contributed by atoms with E-state index < -0.39 is 17.9 Å². The van der Waals surface area contributed by atoms with Crippen molar-refractivity contribution in [2.24, 2.45) is 0 Å². The SMILES string of the molecule is CCN(C)C(=O)NC(=O)C(C)=C(C)C(=O)O. The average molecular weight is 228 g/mol. The third-order valence-electron chi connectivity index (χ3n) is 2.27. The summed E-state index contributed by atoms with van der Waals surface area (Å²) < 4.78 is 0. The number of carboxylic acid groups (broad SMARTS) is 1. The minimum atomic E-state index is -1.18. The molecule has 0 aromatic rings. The second-order valence-corrected chi connectivity index (χ2v) is 3.33. The Bertz CT molecular complexity index is 347. The van der Waals surface area contributed by atoms with Crippen molar-refractivity contribution >= 4 is 17.9 Å². The first kappa shape index (κ1) is 14.2. The molecule has 3 amide bonds. The number of imide groups is 1. The van der Waals surface area contributed by atoms with Crippen LogP contribution in [0.1, 0.15) is 20.8 Å². The van der Waals surface area contributed by atoms with E-state index in [2.05, 4.69) is 5.32 Å². The van der Waals surface area contributed by atoms with E-state index in [-0.39, 0.29) is 11.1 Å². The molecule has 0 heterocycles. The molecule has 0 unspecified atom stereocenters. The zero-order valence-corrected chi connectivity index (χ0v) is 9.83. The molecule has 0 saturated heterocycles. The standard InChI is InChI=1S/C10H16N2O4/c1-5-12(4)10(16)11-8(13)6(2)7(3)9(14)15/h5H2,1-4H3,(H,14,15)(H,11,13,16). The van der Waals surface area contributed by atoms with Crippen molar-refractivity contribution in [2.75, 3.05) is 13.6 Å². The summed E-state index contributed by atoms with van der Waals surface area (Å²) in [4.78, 5) is 34.6. The molecule has 2 N–H and O–H groups in total. The molecule has 0 radical (unpaired) electrons. The maximum atomic E-state index is 11.4. The summed E-state index contributed by atoms with van der Waals surface area (Å²) in [5.41, 5.74) is -0.0604. The fraction of sp³-hybridized carbons (Fsp3) is 0.500. The van der Waals surface area contributed by atoms with E-state index in [1.165, 1.54) is 25.8 Å². The van der Waals surface area contributed by atoms with E-state index >= 15 is 0 Å². The van der Waals surface area contributed by atoms with Crippen molar-refractivity contribution in [2.45, 2.75) is 20.8 Å². The Balaban J connectivity index is 4.67. The summed E-state index contributed by atoms with van der Waals surface area (Å²) in [5.74, 6) is -1.87. The van der Waals surface area contributed by atoms with E-state index in [1.54, 1.807) is 6.92 Å². The predicted molar refractivity (Wildman–Crippen MR) is 57.9 cm³/mol. The third kappa shape index (κ3) is 3.72. The first-order valence-electron chi connectivity index (χ1n) is 4.78. The fourth-order valence-corrected chi connectivity index (χ4v) is 0.761. The van der Waals surface area contributed by atoms with Crippen LogP contribution in [0.5, 0.6) is 0 Å². The van der Waals surface area contributed by atoms with Gasteiger partial charge in [-0.05, 0) is 20.8 Å². The number of amides is 3. The number of carbonyl (C=O) groups excluding carboxylic acids is 2. The van der Waals surface area contributed by atoms with Crippen LogP contribution in [-0.4, -0.2) is 41.5 Å². The number of carbonyl (C=O) groups is 3. The van der Waals surface area contributed by atoms with Gasteiger partial charge in [-0.2, -0.15) is 0 Å². The monoisotopic (exact) mass is 228 g/mol. The van der Waals surface area contributed by atoms with Crippen molar-refractivity contribution in [1.82, 2.24) is 10.2 Å². The third-order valence-corrected chi connectivity index (χ3v) is 2.27. The van der Waals surface area contributed by atoms with E-state index in [0.717, 1.165) is 0 Å². The minimum absolute atomic E-state index is 0.0188. The molecule has 0 aliphatic carbocycles. The van der Waals surface area contributed by atoms with Crippen LogP contribution in [0.15, 0.2) is 11.1 Å². The lowest BCUT2D eigenvalue weighted by Gasteiger charge is -2.14. The van der Waals surface area contributed by atoms with Crippen LogP contribution in [0.4, 0.5) is 4.79 Å². The number of hydrogen-bond acceptors (Lipinski definition) is 3. The van der Waals surface area contributed by atoms with Crippen molar-refractivity contribution in [3.63, 3.8) is 0 Å². The van der Waals surface area contributed by atoms with Gasteiger partial charge >= 0.3 is 12.0 Å². The van der Waals surface area contributed by atoms with Gasteiger partial charge in [0.2, 0.25) is 0 Å².